The number of hydrogen-bond acceptors (Lipinski definition) is 3. The summed E-state index contributed by atoms with van der Waals surface area (Å²) in [5.41, 5.74) is 8.91. The highest BCUT2D eigenvalue weighted by Gasteiger charge is 2.21. The van der Waals surface area contributed by atoms with Crippen LogP contribution in [0.4, 0.5) is 11.4 Å². The summed E-state index contributed by atoms with van der Waals surface area (Å²) < 4.78 is 5.64. The zero-order chi connectivity index (χ0) is 14.1. The van der Waals surface area contributed by atoms with Gasteiger partial charge in [0.2, 0.25) is 0 Å². The van der Waals surface area contributed by atoms with E-state index in [2.05, 4.69) is 5.32 Å². The predicted molar refractivity (Wildman–Crippen MR) is 79.3 cm³/mol. The number of rotatable bonds is 1. The lowest BCUT2D eigenvalue weighted by Gasteiger charge is -2.20. The number of ether oxygens (including phenoxy) is 1. The van der Waals surface area contributed by atoms with Crippen LogP contribution in [-0.4, -0.2) is 5.91 Å². The normalized spacial score (nSPS) is 15.4. The van der Waals surface area contributed by atoms with E-state index in [0.29, 0.717) is 17.1 Å². The highest BCUT2D eigenvalue weighted by atomic mass is 16.5. The second-order valence-corrected chi connectivity index (χ2v) is 4.73. The third kappa shape index (κ3) is 2.36. The van der Waals surface area contributed by atoms with Crippen molar-refractivity contribution in [1.82, 2.24) is 0 Å². The van der Waals surface area contributed by atoms with Crippen molar-refractivity contribution in [2.45, 2.75) is 6.92 Å². The fourth-order valence-electron chi connectivity index (χ4n) is 2.09. The lowest BCUT2D eigenvalue weighted by Crippen LogP contribution is -2.23. The zero-order valence-electron chi connectivity index (χ0n) is 11.0. The van der Waals surface area contributed by atoms with Gasteiger partial charge in [0.05, 0.1) is 5.69 Å². The van der Waals surface area contributed by atoms with E-state index in [1.54, 1.807) is 24.3 Å². The molecule has 1 aliphatic heterocycles. The maximum absolute atomic E-state index is 12.0. The number of amides is 1. The fraction of sp³-hybridized carbons (Fsp3) is 0.0625. The van der Waals surface area contributed by atoms with Gasteiger partial charge in [-0.1, -0.05) is 29.8 Å². The molecule has 0 saturated heterocycles. The number of hydrogen-bond donors (Lipinski definition) is 2. The molecule has 0 radical (unpaired) electrons. The minimum atomic E-state index is -0.274. The minimum absolute atomic E-state index is 0.271. The topological polar surface area (TPSA) is 64.3 Å². The summed E-state index contributed by atoms with van der Waals surface area (Å²) in [5, 5.41) is 2.77. The monoisotopic (exact) mass is 266 g/mol. The number of nitrogens with one attached hydrogen (secondary N) is 1. The average molecular weight is 266 g/mol. The third-order valence-corrected chi connectivity index (χ3v) is 3.04. The van der Waals surface area contributed by atoms with Crippen molar-refractivity contribution in [2.75, 3.05) is 11.1 Å². The van der Waals surface area contributed by atoms with Crippen LogP contribution in [0.25, 0.3) is 6.08 Å². The number of aryl methyl sites for hydroxylation is 1. The molecule has 0 bridgehead atoms. The molecule has 1 aliphatic rings. The molecule has 0 spiro atoms. The van der Waals surface area contributed by atoms with Gasteiger partial charge in [-0.05, 0) is 36.8 Å². The zero-order valence-corrected chi connectivity index (χ0v) is 11.0. The van der Waals surface area contributed by atoms with Crippen molar-refractivity contribution < 1.29 is 9.53 Å². The first-order chi connectivity index (χ1) is 9.61. The van der Waals surface area contributed by atoms with Crippen LogP contribution >= 0.6 is 0 Å². The number of carbonyl (C=O) groups is 1. The van der Waals surface area contributed by atoms with Crippen LogP contribution in [0.3, 0.4) is 0 Å². The molecule has 0 saturated carbocycles. The number of fused-ring (bicyclic) bond motifs is 1. The molecular weight excluding hydrogens is 252 g/mol. The van der Waals surface area contributed by atoms with E-state index >= 15 is 0 Å². The van der Waals surface area contributed by atoms with Gasteiger partial charge >= 0.3 is 0 Å². The lowest BCUT2D eigenvalue weighted by molar-refractivity contribution is -0.115. The quantitative estimate of drug-likeness (QED) is 0.616. The largest absolute Gasteiger partial charge is 0.449 e. The Morgan fingerprint density at radius 2 is 2.05 bits per heavy atom. The number of nitrogen functional groups attached to an aromatic ring is 1. The van der Waals surface area contributed by atoms with Crippen molar-refractivity contribution >= 4 is 23.4 Å². The van der Waals surface area contributed by atoms with E-state index in [-0.39, 0.29) is 11.7 Å². The van der Waals surface area contributed by atoms with Crippen LogP contribution in [0.5, 0.6) is 5.75 Å². The Morgan fingerprint density at radius 3 is 2.85 bits per heavy atom. The van der Waals surface area contributed by atoms with Crippen molar-refractivity contribution in [1.29, 1.82) is 0 Å². The molecule has 1 amide bonds. The van der Waals surface area contributed by atoms with E-state index < -0.39 is 0 Å². The van der Waals surface area contributed by atoms with Gasteiger partial charge in [-0.15, -0.1) is 0 Å². The van der Waals surface area contributed by atoms with Gasteiger partial charge in [-0.3, -0.25) is 4.79 Å². The second-order valence-electron chi connectivity index (χ2n) is 4.73. The van der Waals surface area contributed by atoms with Gasteiger partial charge in [0.25, 0.3) is 5.91 Å². The Bertz CT molecular complexity index is 720. The molecule has 1 heterocycles. The molecule has 4 heteroatoms. The SMILES string of the molecule is Cc1cccc(/C=C2/Oc3ccc(N)cc3NC2=O)c1. The summed E-state index contributed by atoms with van der Waals surface area (Å²) in [6.07, 6.45) is 1.72. The van der Waals surface area contributed by atoms with E-state index in [1.807, 2.05) is 31.2 Å². The first kappa shape index (κ1) is 12.3. The molecule has 3 N–H and O–H groups in total. The van der Waals surface area contributed by atoms with Gasteiger partial charge in [-0.2, -0.15) is 0 Å². The molecule has 100 valence electrons. The van der Waals surface area contributed by atoms with E-state index in [1.165, 1.54) is 0 Å². The van der Waals surface area contributed by atoms with Gasteiger partial charge in [0, 0.05) is 5.69 Å². The highest BCUT2D eigenvalue weighted by Crippen LogP contribution is 2.32. The van der Waals surface area contributed by atoms with Gasteiger partial charge < -0.3 is 15.8 Å². The molecule has 0 unspecified atom stereocenters. The van der Waals surface area contributed by atoms with E-state index in [4.69, 9.17) is 10.5 Å². The van der Waals surface area contributed by atoms with Crippen LogP contribution in [0, 0.1) is 6.92 Å². The molecule has 0 fully saturated rings. The Morgan fingerprint density at radius 1 is 1.20 bits per heavy atom. The Balaban J connectivity index is 1.96. The molecule has 2 aromatic rings. The fourth-order valence-corrected chi connectivity index (χ4v) is 2.09. The van der Waals surface area contributed by atoms with Crippen molar-refractivity contribution in [3.63, 3.8) is 0 Å². The molecular formula is C16H14N2O2. The van der Waals surface area contributed by atoms with Crippen LogP contribution < -0.4 is 15.8 Å². The first-order valence-electron chi connectivity index (χ1n) is 6.29. The summed E-state index contributed by atoms with van der Waals surface area (Å²) in [4.78, 5) is 12.0. The number of carbonyl (C=O) groups excluding carboxylic acids is 1. The lowest BCUT2D eigenvalue weighted by atomic mass is 10.1. The third-order valence-electron chi connectivity index (χ3n) is 3.04. The van der Waals surface area contributed by atoms with E-state index in [9.17, 15) is 4.79 Å². The van der Waals surface area contributed by atoms with Gasteiger partial charge in [0.1, 0.15) is 0 Å². The molecule has 2 aromatic carbocycles. The van der Waals surface area contributed by atoms with Crippen LogP contribution in [0.2, 0.25) is 0 Å². The smallest absolute Gasteiger partial charge is 0.291 e. The van der Waals surface area contributed by atoms with Gasteiger partial charge in [0.15, 0.2) is 11.5 Å². The maximum atomic E-state index is 12.0. The molecule has 3 rings (SSSR count). The molecule has 4 nitrogen and oxygen atoms in total. The summed E-state index contributed by atoms with van der Waals surface area (Å²) in [5.74, 6) is 0.593. The molecule has 20 heavy (non-hydrogen) atoms. The van der Waals surface area contributed by atoms with E-state index in [0.717, 1.165) is 11.1 Å². The number of benzene rings is 2. The minimum Gasteiger partial charge on any atom is -0.449 e. The summed E-state index contributed by atoms with van der Waals surface area (Å²) in [6, 6.07) is 13.0. The standard InChI is InChI=1S/C16H14N2O2/c1-10-3-2-4-11(7-10)8-15-16(19)18-13-9-12(17)5-6-14(13)20-15/h2-9H,17H2,1H3,(H,18,19)/b15-8+. The van der Waals surface area contributed by atoms with Crippen LogP contribution in [-0.2, 0) is 4.79 Å². The van der Waals surface area contributed by atoms with Gasteiger partial charge in [-0.25, -0.2) is 0 Å². The Hall–Kier alpha value is -2.75. The Kier molecular flexibility index (Phi) is 2.91. The van der Waals surface area contributed by atoms with Crippen LogP contribution in [0.1, 0.15) is 11.1 Å². The maximum Gasteiger partial charge on any atom is 0.291 e. The number of nitrogens with two attached hydrogens (primary N) is 1. The average Bonchev–Trinajstić information content (AvgIpc) is 2.40. The molecule has 0 aliphatic carbocycles. The Labute approximate surface area is 116 Å². The molecule has 0 aromatic heterocycles. The second kappa shape index (κ2) is 4.74. The van der Waals surface area contributed by atoms with Crippen molar-refractivity contribution in [3.05, 3.63) is 59.4 Å². The predicted octanol–water partition coefficient (Wildman–Crippen LogP) is 2.95. The summed E-state index contributed by atoms with van der Waals surface area (Å²) >= 11 is 0. The molecule has 0 atom stereocenters. The van der Waals surface area contributed by atoms with Crippen molar-refractivity contribution in [3.8, 4) is 5.75 Å². The van der Waals surface area contributed by atoms with Crippen molar-refractivity contribution in [2.24, 2.45) is 0 Å². The van der Waals surface area contributed by atoms with Crippen LogP contribution in [0.15, 0.2) is 48.2 Å². The highest BCUT2D eigenvalue weighted by molar-refractivity contribution is 6.08. The summed E-state index contributed by atoms with van der Waals surface area (Å²) in [6.45, 7) is 2.00. The summed E-state index contributed by atoms with van der Waals surface area (Å²) in [7, 11) is 0. The number of anilines is 2. The first-order valence-corrected chi connectivity index (χ1v) is 6.29.